The van der Waals surface area contributed by atoms with Crippen molar-refractivity contribution >= 4 is 11.4 Å². The number of benzene rings is 1. The first kappa shape index (κ1) is 16.7. The highest BCUT2D eigenvalue weighted by atomic mass is 16.5. The normalized spacial score (nSPS) is 12.2. The average Bonchev–Trinajstić information content (AvgIpc) is 2.44. The summed E-state index contributed by atoms with van der Waals surface area (Å²) in [5, 5.41) is 3.50. The molecule has 0 radical (unpaired) electrons. The number of para-hydroxylation sites is 1. The summed E-state index contributed by atoms with van der Waals surface area (Å²) in [6.45, 7) is 7.26. The summed E-state index contributed by atoms with van der Waals surface area (Å²) >= 11 is 0. The molecular formula is C17H30N2O. The molecule has 0 aliphatic heterocycles. The molecule has 0 saturated carbocycles. The van der Waals surface area contributed by atoms with E-state index in [1.54, 1.807) is 0 Å². The average molecular weight is 278 g/mol. The SMILES string of the molecule is CCCCCCC(C)Nc1cccc(OCCC)c1N. The summed E-state index contributed by atoms with van der Waals surface area (Å²) in [5.41, 5.74) is 7.87. The molecule has 1 aromatic carbocycles. The van der Waals surface area contributed by atoms with Gasteiger partial charge in [-0.05, 0) is 31.9 Å². The van der Waals surface area contributed by atoms with Crippen LogP contribution in [0, 0.1) is 0 Å². The van der Waals surface area contributed by atoms with Crippen LogP contribution in [0.15, 0.2) is 18.2 Å². The third kappa shape index (κ3) is 5.72. The van der Waals surface area contributed by atoms with Crippen LogP contribution in [0.1, 0.15) is 59.3 Å². The van der Waals surface area contributed by atoms with Gasteiger partial charge in [-0.2, -0.15) is 0 Å². The van der Waals surface area contributed by atoms with Crippen LogP contribution in [0.2, 0.25) is 0 Å². The molecule has 3 nitrogen and oxygen atoms in total. The molecule has 0 spiro atoms. The van der Waals surface area contributed by atoms with Gasteiger partial charge in [0.25, 0.3) is 0 Å². The molecule has 0 aromatic heterocycles. The van der Waals surface area contributed by atoms with Crippen molar-refractivity contribution in [3.63, 3.8) is 0 Å². The van der Waals surface area contributed by atoms with E-state index in [9.17, 15) is 0 Å². The fraction of sp³-hybridized carbons (Fsp3) is 0.647. The number of anilines is 2. The molecule has 0 amide bonds. The van der Waals surface area contributed by atoms with Crippen LogP contribution < -0.4 is 15.8 Å². The molecule has 0 heterocycles. The number of nitrogen functional groups attached to an aromatic ring is 1. The van der Waals surface area contributed by atoms with E-state index in [4.69, 9.17) is 10.5 Å². The van der Waals surface area contributed by atoms with Crippen molar-refractivity contribution < 1.29 is 4.74 Å². The second-order valence-corrected chi connectivity index (χ2v) is 5.46. The molecule has 0 aliphatic rings. The molecule has 1 aromatic rings. The Bertz CT molecular complexity index is 379. The Balaban J connectivity index is 2.49. The molecule has 114 valence electrons. The number of rotatable bonds is 10. The van der Waals surface area contributed by atoms with E-state index in [0.29, 0.717) is 12.6 Å². The molecule has 1 unspecified atom stereocenters. The van der Waals surface area contributed by atoms with E-state index >= 15 is 0 Å². The Labute approximate surface area is 123 Å². The van der Waals surface area contributed by atoms with E-state index in [1.165, 1.54) is 32.1 Å². The summed E-state index contributed by atoms with van der Waals surface area (Å²) < 4.78 is 5.66. The quantitative estimate of drug-likeness (QED) is 0.476. The van der Waals surface area contributed by atoms with Gasteiger partial charge in [-0.15, -0.1) is 0 Å². The van der Waals surface area contributed by atoms with Gasteiger partial charge in [0.15, 0.2) is 0 Å². The van der Waals surface area contributed by atoms with Crippen LogP contribution in [-0.2, 0) is 0 Å². The first-order chi connectivity index (χ1) is 9.69. The molecule has 1 atom stereocenters. The van der Waals surface area contributed by atoms with Crippen molar-refractivity contribution in [1.29, 1.82) is 0 Å². The number of nitrogens with two attached hydrogens (primary N) is 1. The molecule has 0 aliphatic carbocycles. The first-order valence-corrected chi connectivity index (χ1v) is 7.96. The highest BCUT2D eigenvalue weighted by molar-refractivity contribution is 5.73. The lowest BCUT2D eigenvalue weighted by Crippen LogP contribution is -2.16. The largest absolute Gasteiger partial charge is 0.491 e. The van der Waals surface area contributed by atoms with Crippen molar-refractivity contribution in [3.8, 4) is 5.75 Å². The minimum Gasteiger partial charge on any atom is -0.491 e. The Morgan fingerprint density at radius 1 is 1.15 bits per heavy atom. The number of nitrogens with one attached hydrogen (secondary N) is 1. The number of ether oxygens (including phenoxy) is 1. The predicted molar refractivity (Wildman–Crippen MR) is 88.5 cm³/mol. The molecule has 0 bridgehead atoms. The predicted octanol–water partition coefficient (Wildman–Crippen LogP) is 4.83. The van der Waals surface area contributed by atoms with Crippen LogP contribution in [-0.4, -0.2) is 12.6 Å². The monoisotopic (exact) mass is 278 g/mol. The number of hydrogen-bond donors (Lipinski definition) is 2. The van der Waals surface area contributed by atoms with Gasteiger partial charge in [-0.1, -0.05) is 45.6 Å². The highest BCUT2D eigenvalue weighted by Crippen LogP contribution is 2.30. The van der Waals surface area contributed by atoms with Gasteiger partial charge in [0, 0.05) is 6.04 Å². The zero-order chi connectivity index (χ0) is 14.8. The van der Waals surface area contributed by atoms with Crippen LogP contribution in [0.4, 0.5) is 11.4 Å². The summed E-state index contributed by atoms with van der Waals surface area (Å²) in [5.74, 6) is 0.787. The fourth-order valence-electron chi connectivity index (χ4n) is 2.22. The van der Waals surface area contributed by atoms with Gasteiger partial charge in [-0.3, -0.25) is 0 Å². The fourth-order valence-corrected chi connectivity index (χ4v) is 2.22. The minimum absolute atomic E-state index is 0.440. The Morgan fingerprint density at radius 3 is 2.65 bits per heavy atom. The lowest BCUT2D eigenvalue weighted by Gasteiger charge is -2.18. The highest BCUT2D eigenvalue weighted by Gasteiger charge is 2.08. The third-order valence-corrected chi connectivity index (χ3v) is 3.42. The molecule has 0 saturated heterocycles. The van der Waals surface area contributed by atoms with Crippen molar-refractivity contribution in [1.82, 2.24) is 0 Å². The molecular weight excluding hydrogens is 248 g/mol. The second-order valence-electron chi connectivity index (χ2n) is 5.46. The summed E-state index contributed by atoms with van der Waals surface area (Å²) in [6.07, 6.45) is 7.37. The molecule has 3 heteroatoms. The van der Waals surface area contributed by atoms with Crippen LogP contribution in [0.25, 0.3) is 0 Å². The summed E-state index contributed by atoms with van der Waals surface area (Å²) in [4.78, 5) is 0. The van der Waals surface area contributed by atoms with Gasteiger partial charge in [0.05, 0.1) is 18.0 Å². The Hall–Kier alpha value is -1.38. The topological polar surface area (TPSA) is 47.3 Å². The number of unbranched alkanes of at least 4 members (excludes halogenated alkanes) is 3. The van der Waals surface area contributed by atoms with Gasteiger partial charge < -0.3 is 15.8 Å². The maximum Gasteiger partial charge on any atom is 0.144 e. The molecule has 0 fully saturated rings. The summed E-state index contributed by atoms with van der Waals surface area (Å²) in [7, 11) is 0. The first-order valence-electron chi connectivity index (χ1n) is 7.96. The Kier molecular flexibility index (Phi) is 7.93. The van der Waals surface area contributed by atoms with Crippen molar-refractivity contribution in [3.05, 3.63) is 18.2 Å². The van der Waals surface area contributed by atoms with Crippen LogP contribution >= 0.6 is 0 Å². The van der Waals surface area contributed by atoms with E-state index in [1.807, 2.05) is 18.2 Å². The van der Waals surface area contributed by atoms with Gasteiger partial charge in [0.1, 0.15) is 5.75 Å². The molecule has 1 rings (SSSR count). The smallest absolute Gasteiger partial charge is 0.144 e. The van der Waals surface area contributed by atoms with Gasteiger partial charge in [-0.25, -0.2) is 0 Å². The maximum absolute atomic E-state index is 6.16. The van der Waals surface area contributed by atoms with Gasteiger partial charge >= 0.3 is 0 Å². The zero-order valence-electron chi connectivity index (χ0n) is 13.2. The second kappa shape index (κ2) is 9.51. The van der Waals surface area contributed by atoms with Crippen LogP contribution in [0.3, 0.4) is 0 Å². The third-order valence-electron chi connectivity index (χ3n) is 3.42. The maximum atomic E-state index is 6.16. The standard InChI is InChI=1S/C17H30N2O/c1-4-6-7-8-10-14(3)19-15-11-9-12-16(17(15)18)20-13-5-2/h9,11-12,14,19H,4-8,10,13,18H2,1-3H3. The minimum atomic E-state index is 0.440. The Morgan fingerprint density at radius 2 is 1.95 bits per heavy atom. The van der Waals surface area contributed by atoms with Crippen molar-refractivity contribution in [2.75, 3.05) is 17.7 Å². The van der Waals surface area contributed by atoms with Gasteiger partial charge in [0.2, 0.25) is 0 Å². The lowest BCUT2D eigenvalue weighted by molar-refractivity contribution is 0.319. The van der Waals surface area contributed by atoms with Crippen molar-refractivity contribution in [2.45, 2.75) is 65.3 Å². The van der Waals surface area contributed by atoms with E-state index in [2.05, 4.69) is 26.1 Å². The summed E-state index contributed by atoms with van der Waals surface area (Å²) in [6, 6.07) is 6.39. The zero-order valence-corrected chi connectivity index (χ0v) is 13.2. The van der Waals surface area contributed by atoms with Crippen molar-refractivity contribution in [2.24, 2.45) is 0 Å². The van der Waals surface area contributed by atoms with E-state index in [-0.39, 0.29) is 0 Å². The lowest BCUT2D eigenvalue weighted by atomic mass is 10.1. The van der Waals surface area contributed by atoms with Crippen LogP contribution in [0.5, 0.6) is 5.75 Å². The molecule has 20 heavy (non-hydrogen) atoms. The number of hydrogen-bond acceptors (Lipinski definition) is 3. The van der Waals surface area contributed by atoms with E-state index < -0.39 is 0 Å². The van der Waals surface area contributed by atoms with E-state index in [0.717, 1.165) is 23.5 Å². The molecule has 3 N–H and O–H groups in total.